The number of amides is 1. The van der Waals surface area contributed by atoms with Crippen molar-refractivity contribution in [3.8, 4) is 0 Å². The van der Waals surface area contributed by atoms with E-state index in [1.54, 1.807) is 27.7 Å². The Bertz CT molecular complexity index is 443. The third-order valence-corrected chi connectivity index (χ3v) is 2.98. The third-order valence-electron chi connectivity index (χ3n) is 2.98. The molecule has 0 saturated carbocycles. The summed E-state index contributed by atoms with van der Waals surface area (Å²) in [6.45, 7) is 6.16. The largest absolute Gasteiger partial charge is 0.463 e. The van der Waals surface area contributed by atoms with Crippen molar-refractivity contribution in [3.05, 3.63) is 12.2 Å². The van der Waals surface area contributed by atoms with Crippen LogP contribution in [-0.2, 0) is 14.3 Å². The molecule has 0 N–H and O–H groups in total. The molecular weight excluding hydrogens is 296 g/mol. The number of halogens is 2. The van der Waals surface area contributed by atoms with E-state index >= 15 is 0 Å². The van der Waals surface area contributed by atoms with E-state index in [1.165, 1.54) is 6.08 Å². The number of nitrogens with zero attached hydrogens (tertiary/aromatic N) is 1. The third kappa shape index (κ3) is 5.99. The number of rotatable bonds is 3. The Morgan fingerprint density at radius 3 is 2.55 bits per heavy atom. The average Bonchev–Trinajstić information content (AvgIpc) is 2.34. The van der Waals surface area contributed by atoms with E-state index in [2.05, 4.69) is 0 Å². The number of alkyl halides is 2. The van der Waals surface area contributed by atoms with Gasteiger partial charge >= 0.3 is 12.1 Å². The highest BCUT2D eigenvalue weighted by Crippen LogP contribution is 2.31. The van der Waals surface area contributed by atoms with E-state index in [-0.39, 0.29) is 19.4 Å². The van der Waals surface area contributed by atoms with Gasteiger partial charge in [0, 0.05) is 12.5 Å². The van der Waals surface area contributed by atoms with Crippen molar-refractivity contribution in [1.29, 1.82) is 0 Å². The fourth-order valence-corrected chi connectivity index (χ4v) is 2.06. The van der Waals surface area contributed by atoms with Crippen molar-refractivity contribution in [2.45, 2.75) is 58.1 Å². The van der Waals surface area contributed by atoms with Crippen LogP contribution in [0.15, 0.2) is 12.2 Å². The lowest BCUT2D eigenvalue weighted by atomic mass is 9.99. The quantitative estimate of drug-likeness (QED) is 0.592. The van der Waals surface area contributed by atoms with Gasteiger partial charge in [0.05, 0.1) is 19.2 Å². The molecule has 1 rings (SSSR count). The summed E-state index contributed by atoms with van der Waals surface area (Å²) in [5, 5.41) is 0. The van der Waals surface area contributed by atoms with Gasteiger partial charge in [0.1, 0.15) is 5.60 Å². The van der Waals surface area contributed by atoms with Gasteiger partial charge in [-0.2, -0.15) is 0 Å². The Labute approximate surface area is 129 Å². The molecule has 0 spiro atoms. The number of carbonyl (C=O) groups is 2. The monoisotopic (exact) mass is 319 g/mol. The predicted molar refractivity (Wildman–Crippen MR) is 76.7 cm³/mol. The molecule has 0 bridgehead atoms. The standard InChI is InChI=1S/C15H23F2NO4/c1-5-21-12(19)7-6-11-8-9-15(16,17)10-18(11)13(20)22-14(2,3)4/h6-7,11H,5,8-10H2,1-4H3/b7-6+/t11-/m1/s1. The summed E-state index contributed by atoms with van der Waals surface area (Å²) in [6.07, 6.45) is 1.48. The van der Waals surface area contributed by atoms with Crippen LogP contribution in [0.4, 0.5) is 13.6 Å². The first-order valence-corrected chi connectivity index (χ1v) is 7.26. The minimum Gasteiger partial charge on any atom is -0.463 e. The van der Waals surface area contributed by atoms with Crippen LogP contribution >= 0.6 is 0 Å². The van der Waals surface area contributed by atoms with Gasteiger partial charge in [0.25, 0.3) is 5.92 Å². The average molecular weight is 319 g/mol. The van der Waals surface area contributed by atoms with Crippen molar-refractivity contribution >= 4 is 12.1 Å². The molecule has 0 radical (unpaired) electrons. The highest BCUT2D eigenvalue weighted by atomic mass is 19.3. The molecule has 1 aliphatic rings. The van der Waals surface area contributed by atoms with Crippen LogP contribution < -0.4 is 0 Å². The molecular formula is C15H23F2NO4. The Balaban J connectivity index is 2.84. The SMILES string of the molecule is CCOC(=O)/C=C/[C@@H]1CCC(F)(F)CN1C(=O)OC(C)(C)C. The molecule has 0 aliphatic carbocycles. The summed E-state index contributed by atoms with van der Waals surface area (Å²) in [6, 6.07) is -0.612. The second-order valence-corrected chi connectivity index (χ2v) is 6.18. The molecule has 5 nitrogen and oxygen atoms in total. The first-order chi connectivity index (χ1) is 10.0. The zero-order valence-corrected chi connectivity index (χ0v) is 13.4. The van der Waals surface area contributed by atoms with Gasteiger partial charge in [0.15, 0.2) is 0 Å². The van der Waals surface area contributed by atoms with Gasteiger partial charge < -0.3 is 9.47 Å². The van der Waals surface area contributed by atoms with Crippen LogP contribution in [0.1, 0.15) is 40.5 Å². The van der Waals surface area contributed by atoms with Crippen LogP contribution in [0.25, 0.3) is 0 Å². The maximum absolute atomic E-state index is 13.6. The van der Waals surface area contributed by atoms with Gasteiger partial charge in [-0.15, -0.1) is 0 Å². The first-order valence-electron chi connectivity index (χ1n) is 7.26. The lowest BCUT2D eigenvalue weighted by molar-refractivity contribution is -0.137. The summed E-state index contributed by atoms with van der Waals surface area (Å²) < 4.78 is 37.1. The van der Waals surface area contributed by atoms with Gasteiger partial charge in [-0.3, -0.25) is 4.90 Å². The Kier molecular flexibility index (Phi) is 5.91. The summed E-state index contributed by atoms with van der Waals surface area (Å²) in [4.78, 5) is 24.4. The van der Waals surface area contributed by atoms with Gasteiger partial charge in [-0.05, 0) is 34.1 Å². The van der Waals surface area contributed by atoms with Crippen molar-refractivity contribution in [1.82, 2.24) is 4.90 Å². The molecule has 1 fully saturated rings. The fraction of sp³-hybridized carbons (Fsp3) is 0.733. The zero-order valence-electron chi connectivity index (χ0n) is 13.4. The second-order valence-electron chi connectivity index (χ2n) is 6.18. The van der Waals surface area contributed by atoms with Gasteiger partial charge in [0.2, 0.25) is 0 Å². The van der Waals surface area contributed by atoms with Crippen molar-refractivity contribution in [2.24, 2.45) is 0 Å². The number of carbonyl (C=O) groups excluding carboxylic acids is 2. The van der Waals surface area contributed by atoms with Crippen LogP contribution in [0.3, 0.4) is 0 Å². The minimum absolute atomic E-state index is 0.0577. The number of likely N-dealkylation sites (tertiary alicyclic amines) is 1. The second kappa shape index (κ2) is 7.07. The molecule has 126 valence electrons. The van der Waals surface area contributed by atoms with E-state index in [0.29, 0.717) is 0 Å². The van der Waals surface area contributed by atoms with Crippen LogP contribution in [0.5, 0.6) is 0 Å². The summed E-state index contributed by atoms with van der Waals surface area (Å²) >= 11 is 0. The molecule has 1 amide bonds. The molecule has 7 heteroatoms. The number of hydrogen-bond acceptors (Lipinski definition) is 4. The maximum atomic E-state index is 13.6. The molecule has 0 aromatic heterocycles. The first kappa shape index (κ1) is 18.4. The predicted octanol–water partition coefficient (Wildman–Crippen LogP) is 3.14. The van der Waals surface area contributed by atoms with E-state index in [4.69, 9.17) is 9.47 Å². The van der Waals surface area contributed by atoms with E-state index in [9.17, 15) is 18.4 Å². The molecule has 0 aromatic carbocycles. The van der Waals surface area contributed by atoms with Crippen LogP contribution in [0, 0.1) is 0 Å². The minimum atomic E-state index is -2.95. The van der Waals surface area contributed by atoms with Crippen LogP contribution in [-0.4, -0.2) is 47.7 Å². The molecule has 22 heavy (non-hydrogen) atoms. The molecule has 1 aliphatic heterocycles. The fourth-order valence-electron chi connectivity index (χ4n) is 2.06. The van der Waals surface area contributed by atoms with E-state index < -0.39 is 36.2 Å². The summed E-state index contributed by atoms with van der Waals surface area (Å²) in [5.74, 6) is -3.52. The maximum Gasteiger partial charge on any atom is 0.410 e. The van der Waals surface area contributed by atoms with Gasteiger partial charge in [-0.25, -0.2) is 18.4 Å². The van der Waals surface area contributed by atoms with Gasteiger partial charge in [-0.1, -0.05) is 6.08 Å². The van der Waals surface area contributed by atoms with E-state index in [0.717, 1.165) is 11.0 Å². The number of piperidine rings is 1. The molecule has 1 atom stereocenters. The van der Waals surface area contributed by atoms with Crippen molar-refractivity contribution < 1.29 is 27.8 Å². The smallest absolute Gasteiger partial charge is 0.410 e. The normalized spacial score (nSPS) is 21.7. The zero-order chi connectivity index (χ0) is 17.0. The highest BCUT2D eigenvalue weighted by Gasteiger charge is 2.42. The lowest BCUT2D eigenvalue weighted by Crippen LogP contribution is -2.52. The topological polar surface area (TPSA) is 55.8 Å². The Morgan fingerprint density at radius 1 is 1.36 bits per heavy atom. The Morgan fingerprint density at radius 2 is 2.00 bits per heavy atom. The molecule has 0 unspecified atom stereocenters. The number of esters is 1. The highest BCUT2D eigenvalue weighted by molar-refractivity contribution is 5.82. The van der Waals surface area contributed by atoms with E-state index in [1.807, 2.05) is 0 Å². The van der Waals surface area contributed by atoms with Crippen LogP contribution in [0.2, 0.25) is 0 Å². The molecule has 1 saturated heterocycles. The molecule has 1 heterocycles. The Hall–Kier alpha value is -1.66. The van der Waals surface area contributed by atoms with Crippen molar-refractivity contribution in [3.63, 3.8) is 0 Å². The molecule has 0 aromatic rings. The summed E-state index contributed by atoms with van der Waals surface area (Å²) in [5.41, 5.74) is -0.779. The summed E-state index contributed by atoms with van der Waals surface area (Å²) in [7, 11) is 0. The lowest BCUT2D eigenvalue weighted by Gasteiger charge is -2.38. The number of hydrogen-bond donors (Lipinski definition) is 0. The van der Waals surface area contributed by atoms with Crippen molar-refractivity contribution in [2.75, 3.05) is 13.2 Å². The number of ether oxygens (including phenoxy) is 2.